The molecule has 2 nitrogen and oxygen atoms in total. The van der Waals surface area contributed by atoms with Gasteiger partial charge in [0.25, 0.3) is 5.92 Å². The molecule has 8 heavy (non-hydrogen) atoms. The van der Waals surface area contributed by atoms with Crippen LogP contribution in [0, 0.1) is 0 Å². The predicted octanol–water partition coefficient (Wildman–Crippen LogP) is 0.0128. The van der Waals surface area contributed by atoms with Gasteiger partial charge in [-0.15, -0.1) is 0 Å². The quantitative estimate of drug-likeness (QED) is 0.493. The van der Waals surface area contributed by atoms with Crippen LogP contribution in [-0.2, 0) is 4.74 Å². The van der Waals surface area contributed by atoms with Crippen LogP contribution in [0.2, 0.25) is 0 Å². The Bertz CT molecular complexity index is 94.0. The molecule has 1 fully saturated rings. The van der Waals surface area contributed by atoms with Gasteiger partial charge in [0.2, 0.25) is 0 Å². The first-order valence-corrected chi connectivity index (χ1v) is 2.26. The van der Waals surface area contributed by atoms with E-state index >= 15 is 0 Å². The number of ether oxygens (including phenoxy) is 1. The van der Waals surface area contributed by atoms with Crippen molar-refractivity contribution in [2.75, 3.05) is 13.2 Å². The van der Waals surface area contributed by atoms with Gasteiger partial charge in [-0.25, -0.2) is 8.78 Å². The molecule has 0 bridgehead atoms. The van der Waals surface area contributed by atoms with Crippen molar-refractivity contribution in [3.05, 3.63) is 0 Å². The molecule has 1 rings (SSSR count). The molecule has 1 heterocycles. The number of hydrogen-bond acceptors (Lipinski definition) is 2. The van der Waals surface area contributed by atoms with Crippen molar-refractivity contribution in [1.29, 1.82) is 0 Å². The van der Waals surface area contributed by atoms with Crippen molar-refractivity contribution in [3.63, 3.8) is 0 Å². The summed E-state index contributed by atoms with van der Waals surface area (Å²) in [4.78, 5) is 0. The molecule has 0 aromatic rings. The molecule has 0 aliphatic carbocycles. The lowest BCUT2D eigenvalue weighted by atomic mass is 10.2. The standard InChI is InChI=1S/C4H6F2O2/c5-4(6)2-8-1-3(4)7/h3,7H,1-2H2/t3-/m0/s1. The van der Waals surface area contributed by atoms with Gasteiger partial charge in [0.1, 0.15) is 12.7 Å². The zero-order valence-electron chi connectivity index (χ0n) is 4.10. The fourth-order valence-electron chi connectivity index (χ4n) is 0.525. The second kappa shape index (κ2) is 1.63. The first-order chi connectivity index (χ1) is 3.63. The van der Waals surface area contributed by atoms with Crippen LogP contribution >= 0.6 is 0 Å². The van der Waals surface area contributed by atoms with Gasteiger partial charge in [-0.1, -0.05) is 0 Å². The molecule has 1 saturated heterocycles. The molecule has 0 unspecified atom stereocenters. The molecule has 0 radical (unpaired) electrons. The summed E-state index contributed by atoms with van der Waals surface area (Å²) in [5.74, 6) is -3.01. The molecular formula is C4H6F2O2. The molecule has 0 amide bonds. The van der Waals surface area contributed by atoms with Gasteiger partial charge in [0, 0.05) is 0 Å². The number of rotatable bonds is 0. The molecule has 1 atom stereocenters. The van der Waals surface area contributed by atoms with Gasteiger partial charge in [0.05, 0.1) is 6.61 Å². The SMILES string of the molecule is O[C@H]1COCC1(F)F. The molecule has 1 aliphatic heterocycles. The molecule has 0 aromatic carbocycles. The highest BCUT2D eigenvalue weighted by molar-refractivity contribution is 4.80. The van der Waals surface area contributed by atoms with E-state index < -0.39 is 18.6 Å². The minimum absolute atomic E-state index is 0.243. The zero-order chi connectivity index (χ0) is 6.20. The Kier molecular flexibility index (Phi) is 1.21. The molecule has 1 N–H and O–H groups in total. The van der Waals surface area contributed by atoms with Gasteiger partial charge < -0.3 is 9.84 Å². The van der Waals surface area contributed by atoms with Crippen LogP contribution in [0.5, 0.6) is 0 Å². The molecule has 48 valence electrons. The highest BCUT2D eigenvalue weighted by Gasteiger charge is 2.43. The third-order valence-electron chi connectivity index (χ3n) is 1.06. The highest BCUT2D eigenvalue weighted by atomic mass is 19.3. The van der Waals surface area contributed by atoms with E-state index in [1.54, 1.807) is 0 Å². The van der Waals surface area contributed by atoms with E-state index in [-0.39, 0.29) is 6.61 Å². The van der Waals surface area contributed by atoms with Gasteiger partial charge in [-0.3, -0.25) is 0 Å². The number of halogens is 2. The summed E-state index contributed by atoms with van der Waals surface area (Å²) in [5, 5.41) is 8.38. The maximum atomic E-state index is 12.0. The summed E-state index contributed by atoms with van der Waals surface area (Å²) in [5.41, 5.74) is 0. The van der Waals surface area contributed by atoms with Gasteiger partial charge in [-0.2, -0.15) is 0 Å². The van der Waals surface area contributed by atoms with Crippen molar-refractivity contribution in [2.45, 2.75) is 12.0 Å². The van der Waals surface area contributed by atoms with Crippen molar-refractivity contribution >= 4 is 0 Å². The maximum absolute atomic E-state index is 12.0. The molecule has 0 saturated carbocycles. The Labute approximate surface area is 45.1 Å². The van der Waals surface area contributed by atoms with E-state index in [0.717, 1.165) is 0 Å². The fourth-order valence-corrected chi connectivity index (χ4v) is 0.525. The van der Waals surface area contributed by atoms with Crippen LogP contribution in [0.4, 0.5) is 8.78 Å². The normalized spacial score (nSPS) is 35.6. The van der Waals surface area contributed by atoms with Crippen LogP contribution < -0.4 is 0 Å². The summed E-state index contributed by atoms with van der Waals surface area (Å²) in [7, 11) is 0. The number of hydrogen-bond donors (Lipinski definition) is 1. The third kappa shape index (κ3) is 0.809. The van der Waals surface area contributed by atoms with Crippen molar-refractivity contribution in [1.82, 2.24) is 0 Å². The minimum Gasteiger partial charge on any atom is -0.384 e. The molecule has 0 spiro atoms. The van der Waals surface area contributed by atoms with E-state index in [2.05, 4.69) is 4.74 Å². The average molecular weight is 124 g/mol. The van der Waals surface area contributed by atoms with Gasteiger partial charge >= 0.3 is 0 Å². The van der Waals surface area contributed by atoms with Gasteiger partial charge in [-0.05, 0) is 0 Å². The summed E-state index contributed by atoms with van der Waals surface area (Å²) in [6, 6.07) is 0. The Hall–Kier alpha value is -0.220. The van der Waals surface area contributed by atoms with E-state index in [9.17, 15) is 8.78 Å². The summed E-state index contributed by atoms with van der Waals surface area (Å²) in [6.45, 7) is -0.888. The fraction of sp³-hybridized carbons (Fsp3) is 1.00. The molecule has 1 aliphatic rings. The van der Waals surface area contributed by atoms with Crippen LogP contribution in [0.1, 0.15) is 0 Å². The van der Waals surface area contributed by atoms with E-state index in [4.69, 9.17) is 5.11 Å². The third-order valence-corrected chi connectivity index (χ3v) is 1.06. The Morgan fingerprint density at radius 1 is 1.62 bits per heavy atom. The smallest absolute Gasteiger partial charge is 0.298 e. The Morgan fingerprint density at radius 3 is 2.38 bits per heavy atom. The van der Waals surface area contributed by atoms with Crippen LogP contribution in [0.15, 0.2) is 0 Å². The van der Waals surface area contributed by atoms with Crippen LogP contribution in [0.3, 0.4) is 0 Å². The maximum Gasteiger partial charge on any atom is 0.298 e. The molecule has 0 aromatic heterocycles. The molecular weight excluding hydrogens is 118 g/mol. The first-order valence-electron chi connectivity index (χ1n) is 2.26. The predicted molar refractivity (Wildman–Crippen MR) is 21.8 cm³/mol. The Morgan fingerprint density at radius 2 is 2.25 bits per heavy atom. The monoisotopic (exact) mass is 124 g/mol. The minimum atomic E-state index is -3.01. The van der Waals surface area contributed by atoms with Gasteiger partial charge in [0.15, 0.2) is 0 Å². The lowest BCUT2D eigenvalue weighted by molar-refractivity contribution is -0.0759. The van der Waals surface area contributed by atoms with Crippen molar-refractivity contribution in [2.24, 2.45) is 0 Å². The highest BCUT2D eigenvalue weighted by Crippen LogP contribution is 2.24. The topological polar surface area (TPSA) is 29.5 Å². The zero-order valence-corrected chi connectivity index (χ0v) is 4.10. The Balaban J connectivity index is 2.54. The summed E-state index contributed by atoms with van der Waals surface area (Å²) >= 11 is 0. The van der Waals surface area contributed by atoms with Crippen molar-refractivity contribution in [3.8, 4) is 0 Å². The lowest BCUT2D eigenvalue weighted by Gasteiger charge is -2.08. The second-order valence-corrected chi connectivity index (χ2v) is 1.79. The van der Waals surface area contributed by atoms with E-state index in [1.165, 1.54) is 0 Å². The molecule has 4 heteroatoms. The lowest BCUT2D eigenvalue weighted by Crippen LogP contribution is -2.30. The first kappa shape index (κ1) is 5.91. The largest absolute Gasteiger partial charge is 0.384 e. The second-order valence-electron chi connectivity index (χ2n) is 1.79. The van der Waals surface area contributed by atoms with Crippen LogP contribution in [-0.4, -0.2) is 30.3 Å². The number of aliphatic hydroxyl groups excluding tert-OH is 1. The van der Waals surface area contributed by atoms with E-state index in [1.807, 2.05) is 0 Å². The van der Waals surface area contributed by atoms with E-state index in [0.29, 0.717) is 0 Å². The summed E-state index contributed by atoms with van der Waals surface area (Å²) in [6.07, 6.45) is -1.59. The average Bonchev–Trinajstić information content (AvgIpc) is 1.86. The number of aliphatic hydroxyl groups is 1. The van der Waals surface area contributed by atoms with Crippen molar-refractivity contribution < 1.29 is 18.6 Å². The number of alkyl halides is 2. The summed E-state index contributed by atoms with van der Waals surface area (Å²) < 4.78 is 28.2. The van der Waals surface area contributed by atoms with Crippen LogP contribution in [0.25, 0.3) is 0 Å².